The molecule has 0 radical (unpaired) electrons. The zero-order chi connectivity index (χ0) is 6.57. The molecule has 0 unspecified atom stereocenters. The minimum atomic E-state index is -1.22. The Bertz CT molecular complexity index is 82.6. The molecule has 42 valence electrons. The Morgan fingerprint density at radius 2 is 2.71 bits per heavy atom. The van der Waals surface area contributed by atoms with Gasteiger partial charge in [0.15, 0.2) is 0 Å². The number of aliphatic hydroxyl groups excluding tert-OH is 1. The average molecular weight is 106 g/mol. The minimum absolute atomic E-state index is 0.557. The van der Waals surface area contributed by atoms with Crippen molar-refractivity contribution in [3.05, 3.63) is 0 Å². The standard InChI is InChI=1S/C3H7NO3/c4-2(1-5)3(6)7/h2,5H,1,4H2,(H,6,7)/t2-/m0/s1/i/hD. The van der Waals surface area contributed by atoms with Gasteiger partial charge in [0.1, 0.15) is 7.45 Å². The summed E-state index contributed by atoms with van der Waals surface area (Å²) < 4.78 is 6.30. The highest BCUT2D eigenvalue weighted by molar-refractivity contribution is 5.73. The van der Waals surface area contributed by atoms with Crippen molar-refractivity contribution in [2.75, 3.05) is 6.61 Å². The average Bonchev–Trinajstić information content (AvgIpc) is 1.69. The summed E-state index contributed by atoms with van der Waals surface area (Å²) in [7, 11) is 0. The zero-order valence-electron chi connectivity index (χ0n) is 4.59. The van der Waals surface area contributed by atoms with Crippen molar-refractivity contribution >= 4 is 5.97 Å². The van der Waals surface area contributed by atoms with Gasteiger partial charge in [-0.15, -0.1) is 0 Å². The molecule has 1 atom stereocenters. The number of carbonyl (C=O) groups is 1. The molecule has 4 nitrogen and oxygen atoms in total. The molecule has 0 aromatic rings. The highest BCUT2D eigenvalue weighted by Crippen LogP contribution is 1.71. The quantitative estimate of drug-likeness (QED) is 0.404. The van der Waals surface area contributed by atoms with Crippen LogP contribution in [0.2, 0.25) is 1.41 Å². The first-order valence-corrected chi connectivity index (χ1v) is 1.73. The van der Waals surface area contributed by atoms with E-state index in [0.29, 0.717) is 0 Å². The predicted molar refractivity (Wildman–Crippen MR) is 22.7 cm³/mol. The third-order valence-electron chi connectivity index (χ3n) is 0.481. The lowest BCUT2D eigenvalue weighted by Crippen LogP contribution is -2.33. The predicted octanol–water partition coefficient (Wildman–Crippen LogP) is -1.61. The second kappa shape index (κ2) is 2.54. The van der Waals surface area contributed by atoms with E-state index in [0.717, 1.165) is 0 Å². The normalized spacial score (nSPS) is 15.3. The zero-order valence-corrected chi connectivity index (χ0v) is 3.59. The third kappa shape index (κ3) is 2.13. The minimum Gasteiger partial charge on any atom is -0.480 e. The molecule has 0 rings (SSSR count). The Balaban J connectivity index is 3.52. The van der Waals surface area contributed by atoms with Gasteiger partial charge in [0.25, 0.3) is 0 Å². The van der Waals surface area contributed by atoms with Gasteiger partial charge >= 0.3 is 5.97 Å². The summed E-state index contributed by atoms with van der Waals surface area (Å²) >= 11 is 0. The van der Waals surface area contributed by atoms with E-state index >= 15 is 0 Å². The lowest BCUT2D eigenvalue weighted by molar-refractivity contribution is -0.139. The van der Waals surface area contributed by atoms with E-state index in [9.17, 15) is 4.79 Å². The molecule has 0 fully saturated rings. The fourth-order valence-electron chi connectivity index (χ4n) is 0.0781. The molecule has 0 amide bonds. The van der Waals surface area contributed by atoms with Crippen LogP contribution in [0.1, 0.15) is 0 Å². The number of carboxylic acids is 1. The van der Waals surface area contributed by atoms with Gasteiger partial charge in [-0.05, 0) is 0 Å². The number of aliphatic hydroxyl groups is 1. The molecule has 0 aliphatic rings. The van der Waals surface area contributed by atoms with Crippen LogP contribution in [-0.4, -0.2) is 28.8 Å². The van der Waals surface area contributed by atoms with Gasteiger partial charge in [0, 0.05) is 0 Å². The molecule has 0 saturated carbocycles. The number of aliphatic carboxylic acids is 1. The van der Waals surface area contributed by atoms with Crippen molar-refractivity contribution < 1.29 is 16.4 Å². The second-order valence-electron chi connectivity index (χ2n) is 1.07. The summed E-state index contributed by atoms with van der Waals surface area (Å²) in [5, 5.41) is 16.2. The molecule has 7 heavy (non-hydrogen) atoms. The molecule has 0 aromatic carbocycles. The van der Waals surface area contributed by atoms with Gasteiger partial charge in [-0.3, -0.25) is 4.79 Å². The van der Waals surface area contributed by atoms with Gasteiger partial charge in [-0.25, -0.2) is 0 Å². The van der Waals surface area contributed by atoms with Crippen molar-refractivity contribution in [2.24, 2.45) is 5.73 Å². The van der Waals surface area contributed by atoms with Gasteiger partial charge < -0.3 is 15.9 Å². The SMILES string of the molecule is [2H]N[C@@H](CO)C(=O)O. The van der Waals surface area contributed by atoms with E-state index < -0.39 is 18.6 Å². The molecule has 0 aliphatic heterocycles. The first-order valence-electron chi connectivity index (χ1n) is 2.23. The van der Waals surface area contributed by atoms with Crippen LogP contribution in [0.15, 0.2) is 0 Å². The van der Waals surface area contributed by atoms with E-state index in [1.54, 1.807) is 5.73 Å². The number of hydrogen-bond acceptors (Lipinski definition) is 3. The highest BCUT2D eigenvalue weighted by atomic mass is 16.4. The summed E-state index contributed by atoms with van der Waals surface area (Å²) in [6, 6.07) is -1.16. The Morgan fingerprint density at radius 1 is 2.14 bits per heavy atom. The van der Waals surface area contributed by atoms with Crippen LogP contribution >= 0.6 is 0 Å². The monoisotopic (exact) mass is 106 g/mol. The first kappa shape index (κ1) is 4.55. The van der Waals surface area contributed by atoms with Crippen LogP contribution in [0.25, 0.3) is 0 Å². The van der Waals surface area contributed by atoms with Gasteiger partial charge in [-0.1, -0.05) is 0 Å². The van der Waals surface area contributed by atoms with Crippen molar-refractivity contribution in [1.29, 1.82) is 0 Å². The number of rotatable bonds is 3. The van der Waals surface area contributed by atoms with E-state index in [1.807, 2.05) is 0 Å². The maximum atomic E-state index is 9.82. The van der Waals surface area contributed by atoms with Crippen LogP contribution in [0.4, 0.5) is 0 Å². The van der Waals surface area contributed by atoms with E-state index in [4.69, 9.17) is 11.6 Å². The van der Waals surface area contributed by atoms with E-state index in [1.165, 1.54) is 0 Å². The number of hydrogen-bond donors (Lipinski definition) is 3. The largest absolute Gasteiger partial charge is 0.480 e. The molecular weight excluding hydrogens is 98.0 g/mol. The summed E-state index contributed by atoms with van der Waals surface area (Å²) in [6.45, 7) is -0.557. The molecule has 0 saturated heterocycles. The van der Waals surface area contributed by atoms with Crippen molar-refractivity contribution in [1.82, 2.24) is 0 Å². The Kier molecular flexibility index (Phi) is 1.65. The third-order valence-corrected chi connectivity index (χ3v) is 0.481. The number of carboxylic acid groups (broad SMARTS) is 1. The summed E-state index contributed by atoms with van der Waals surface area (Å²) in [5.74, 6) is -1.22. The fourth-order valence-corrected chi connectivity index (χ4v) is 0.0781. The Hall–Kier alpha value is -0.610. The maximum absolute atomic E-state index is 9.82. The molecule has 4 heteroatoms. The van der Waals surface area contributed by atoms with Crippen LogP contribution in [0.3, 0.4) is 0 Å². The fraction of sp³-hybridized carbons (Fsp3) is 0.667. The second-order valence-corrected chi connectivity index (χ2v) is 1.07. The number of nitrogens with two attached hydrogens (primary N) is 1. The maximum Gasteiger partial charge on any atom is 0.322 e. The van der Waals surface area contributed by atoms with Gasteiger partial charge in [0.05, 0.1) is 6.61 Å². The van der Waals surface area contributed by atoms with Gasteiger partial charge in [0.2, 0.25) is 0 Å². The smallest absolute Gasteiger partial charge is 0.322 e. The Morgan fingerprint density at radius 3 is 2.71 bits per heavy atom. The Labute approximate surface area is 42.0 Å². The summed E-state index contributed by atoms with van der Waals surface area (Å²) in [5.41, 5.74) is 1.65. The molecule has 0 heterocycles. The van der Waals surface area contributed by atoms with Crippen molar-refractivity contribution in [3.63, 3.8) is 0 Å². The van der Waals surface area contributed by atoms with Crippen LogP contribution in [-0.2, 0) is 4.79 Å². The van der Waals surface area contributed by atoms with E-state index in [2.05, 4.69) is 0 Å². The highest BCUT2D eigenvalue weighted by Gasteiger charge is 2.06. The van der Waals surface area contributed by atoms with Gasteiger partial charge in [-0.2, -0.15) is 0 Å². The lowest BCUT2D eigenvalue weighted by Gasteiger charge is -1.96. The van der Waals surface area contributed by atoms with Crippen LogP contribution < -0.4 is 5.73 Å². The molecule has 4 N–H and O–H groups in total. The molecule has 0 spiro atoms. The van der Waals surface area contributed by atoms with E-state index in [-0.39, 0.29) is 0 Å². The molecule has 0 aliphatic carbocycles. The van der Waals surface area contributed by atoms with Crippen molar-refractivity contribution in [2.45, 2.75) is 6.04 Å². The first-order chi connectivity index (χ1) is 3.72. The topological polar surface area (TPSA) is 83.5 Å². The molecule has 0 aromatic heterocycles. The van der Waals surface area contributed by atoms with Crippen LogP contribution in [0.5, 0.6) is 0 Å². The van der Waals surface area contributed by atoms with Crippen LogP contribution in [0, 0.1) is 0 Å². The molecule has 0 bridgehead atoms. The lowest BCUT2D eigenvalue weighted by atomic mass is 10.3. The molecular formula is C3H7NO3. The van der Waals surface area contributed by atoms with Crippen molar-refractivity contribution in [3.8, 4) is 0 Å². The summed E-state index contributed by atoms with van der Waals surface area (Å²) in [4.78, 5) is 9.82. The summed E-state index contributed by atoms with van der Waals surface area (Å²) in [6.07, 6.45) is 0.